The maximum Gasteiger partial charge on any atom is 0.260 e. The van der Waals surface area contributed by atoms with Crippen molar-refractivity contribution < 1.29 is 9.47 Å². The van der Waals surface area contributed by atoms with E-state index in [9.17, 15) is 0 Å². The SMILES string of the molecule is COc1cnc(C(C)(C)N)nc1OC. The van der Waals surface area contributed by atoms with E-state index in [-0.39, 0.29) is 0 Å². The van der Waals surface area contributed by atoms with Gasteiger partial charge in [0.15, 0.2) is 11.6 Å². The van der Waals surface area contributed by atoms with Gasteiger partial charge in [-0.25, -0.2) is 4.98 Å². The molecule has 1 aromatic heterocycles. The first-order valence-electron chi connectivity index (χ1n) is 4.23. The van der Waals surface area contributed by atoms with Crippen molar-refractivity contribution >= 4 is 0 Å². The van der Waals surface area contributed by atoms with E-state index in [4.69, 9.17) is 15.2 Å². The highest BCUT2D eigenvalue weighted by molar-refractivity contribution is 5.31. The van der Waals surface area contributed by atoms with Gasteiger partial charge < -0.3 is 15.2 Å². The molecule has 0 spiro atoms. The summed E-state index contributed by atoms with van der Waals surface area (Å²) in [4.78, 5) is 8.24. The summed E-state index contributed by atoms with van der Waals surface area (Å²) in [5.74, 6) is 1.42. The lowest BCUT2D eigenvalue weighted by atomic mass is 10.1. The molecule has 1 rings (SSSR count). The van der Waals surface area contributed by atoms with Gasteiger partial charge in [-0.1, -0.05) is 0 Å². The second-order valence-corrected chi connectivity index (χ2v) is 3.49. The Balaban J connectivity index is 3.14. The number of hydrogen-bond acceptors (Lipinski definition) is 5. The molecule has 0 aliphatic rings. The van der Waals surface area contributed by atoms with Gasteiger partial charge in [-0.3, -0.25) is 0 Å². The van der Waals surface area contributed by atoms with Crippen molar-refractivity contribution in [2.45, 2.75) is 19.4 Å². The van der Waals surface area contributed by atoms with Gasteiger partial charge in [-0.15, -0.1) is 0 Å². The Morgan fingerprint density at radius 2 is 1.93 bits per heavy atom. The van der Waals surface area contributed by atoms with Gasteiger partial charge in [-0.2, -0.15) is 4.98 Å². The van der Waals surface area contributed by atoms with Gasteiger partial charge in [0.05, 0.1) is 26.0 Å². The molecular weight excluding hydrogens is 182 g/mol. The molecular formula is C9H15N3O2. The predicted octanol–water partition coefficient (Wildman–Crippen LogP) is 0.688. The van der Waals surface area contributed by atoms with Crippen LogP contribution < -0.4 is 15.2 Å². The summed E-state index contributed by atoms with van der Waals surface area (Å²) in [6, 6.07) is 0. The van der Waals surface area contributed by atoms with Crippen LogP contribution in [0.2, 0.25) is 0 Å². The lowest BCUT2D eigenvalue weighted by molar-refractivity contribution is 0.334. The fourth-order valence-corrected chi connectivity index (χ4v) is 0.952. The molecule has 0 saturated heterocycles. The Morgan fingerprint density at radius 1 is 1.29 bits per heavy atom. The van der Waals surface area contributed by atoms with E-state index in [1.54, 1.807) is 6.20 Å². The zero-order chi connectivity index (χ0) is 10.8. The molecule has 1 heterocycles. The number of methoxy groups -OCH3 is 2. The third kappa shape index (κ3) is 2.11. The van der Waals surface area contributed by atoms with E-state index in [1.165, 1.54) is 14.2 Å². The Bertz CT molecular complexity index is 320. The first kappa shape index (κ1) is 10.7. The summed E-state index contributed by atoms with van der Waals surface area (Å²) in [7, 11) is 3.06. The monoisotopic (exact) mass is 197 g/mol. The zero-order valence-electron chi connectivity index (χ0n) is 8.87. The van der Waals surface area contributed by atoms with E-state index >= 15 is 0 Å². The molecule has 0 amide bonds. The van der Waals surface area contributed by atoms with E-state index in [1.807, 2.05) is 13.8 Å². The van der Waals surface area contributed by atoms with Gasteiger partial charge in [0.25, 0.3) is 5.88 Å². The van der Waals surface area contributed by atoms with Gasteiger partial charge in [0, 0.05) is 0 Å². The number of hydrogen-bond donors (Lipinski definition) is 1. The van der Waals surface area contributed by atoms with Crippen LogP contribution in [0.4, 0.5) is 0 Å². The van der Waals surface area contributed by atoms with Crippen LogP contribution in [0, 0.1) is 0 Å². The first-order chi connectivity index (χ1) is 6.49. The van der Waals surface area contributed by atoms with Crippen molar-refractivity contribution in [1.82, 2.24) is 9.97 Å². The second kappa shape index (κ2) is 3.79. The van der Waals surface area contributed by atoms with Crippen molar-refractivity contribution in [3.63, 3.8) is 0 Å². The molecule has 0 bridgehead atoms. The minimum atomic E-state index is -0.584. The molecule has 0 aliphatic heterocycles. The van der Waals surface area contributed by atoms with Crippen LogP contribution in [0.1, 0.15) is 19.7 Å². The number of nitrogens with two attached hydrogens (primary N) is 1. The van der Waals surface area contributed by atoms with Crippen LogP contribution in [0.5, 0.6) is 11.6 Å². The van der Waals surface area contributed by atoms with E-state index in [0.717, 1.165) is 0 Å². The Kier molecular flexibility index (Phi) is 2.90. The molecule has 1 aromatic rings. The lowest BCUT2D eigenvalue weighted by Crippen LogP contribution is -2.31. The molecule has 78 valence electrons. The fraction of sp³-hybridized carbons (Fsp3) is 0.556. The maximum absolute atomic E-state index is 5.85. The van der Waals surface area contributed by atoms with Crippen LogP contribution in [0.3, 0.4) is 0 Å². The minimum absolute atomic E-state index is 0.399. The molecule has 5 heteroatoms. The highest BCUT2D eigenvalue weighted by Gasteiger charge is 2.20. The fourth-order valence-electron chi connectivity index (χ4n) is 0.952. The van der Waals surface area contributed by atoms with Gasteiger partial charge in [0.2, 0.25) is 0 Å². The minimum Gasteiger partial charge on any atom is -0.490 e. The first-order valence-corrected chi connectivity index (χ1v) is 4.23. The quantitative estimate of drug-likeness (QED) is 0.771. The predicted molar refractivity (Wildman–Crippen MR) is 52.3 cm³/mol. The smallest absolute Gasteiger partial charge is 0.260 e. The second-order valence-electron chi connectivity index (χ2n) is 3.49. The van der Waals surface area contributed by atoms with Crippen molar-refractivity contribution in [2.24, 2.45) is 5.73 Å². The summed E-state index contributed by atoms with van der Waals surface area (Å²) in [5.41, 5.74) is 5.27. The topological polar surface area (TPSA) is 70.3 Å². The number of nitrogens with zero attached hydrogens (tertiary/aromatic N) is 2. The highest BCUT2D eigenvalue weighted by atomic mass is 16.5. The van der Waals surface area contributed by atoms with Gasteiger partial charge in [-0.05, 0) is 13.8 Å². The molecule has 0 fully saturated rings. The maximum atomic E-state index is 5.85. The molecule has 0 radical (unpaired) electrons. The average Bonchev–Trinajstić information content (AvgIpc) is 2.15. The Labute approximate surface area is 83.3 Å². The molecule has 0 unspecified atom stereocenters. The molecule has 0 saturated carbocycles. The van der Waals surface area contributed by atoms with E-state index < -0.39 is 5.54 Å². The van der Waals surface area contributed by atoms with Gasteiger partial charge in [0.1, 0.15) is 0 Å². The normalized spacial score (nSPS) is 11.2. The standard InChI is InChI=1S/C9H15N3O2/c1-9(2,10)8-11-5-6(13-3)7(12-8)14-4/h5H,10H2,1-4H3. The molecule has 5 nitrogen and oxygen atoms in total. The molecule has 0 aliphatic carbocycles. The van der Waals surface area contributed by atoms with E-state index in [2.05, 4.69) is 9.97 Å². The molecule has 14 heavy (non-hydrogen) atoms. The van der Waals surface area contributed by atoms with Crippen LogP contribution in [0.15, 0.2) is 6.20 Å². The third-order valence-electron chi connectivity index (χ3n) is 1.71. The third-order valence-corrected chi connectivity index (χ3v) is 1.71. The zero-order valence-corrected chi connectivity index (χ0v) is 8.87. The molecule has 0 atom stereocenters. The van der Waals surface area contributed by atoms with Crippen molar-refractivity contribution in [2.75, 3.05) is 14.2 Å². The Morgan fingerprint density at radius 3 is 2.36 bits per heavy atom. The summed E-state index contributed by atoms with van der Waals surface area (Å²) < 4.78 is 10.1. The Hall–Kier alpha value is -1.36. The van der Waals surface area contributed by atoms with Crippen molar-refractivity contribution in [3.05, 3.63) is 12.0 Å². The molecule has 0 aromatic carbocycles. The number of rotatable bonds is 3. The van der Waals surface area contributed by atoms with Crippen LogP contribution >= 0.6 is 0 Å². The van der Waals surface area contributed by atoms with E-state index in [0.29, 0.717) is 17.5 Å². The summed E-state index contributed by atoms with van der Waals surface area (Å²) in [6.07, 6.45) is 1.55. The summed E-state index contributed by atoms with van der Waals surface area (Å²) >= 11 is 0. The van der Waals surface area contributed by atoms with Crippen LogP contribution in [-0.4, -0.2) is 24.2 Å². The van der Waals surface area contributed by atoms with Gasteiger partial charge >= 0.3 is 0 Å². The van der Waals surface area contributed by atoms with Crippen LogP contribution in [0.25, 0.3) is 0 Å². The van der Waals surface area contributed by atoms with Crippen molar-refractivity contribution in [3.8, 4) is 11.6 Å². The van der Waals surface area contributed by atoms with Crippen molar-refractivity contribution in [1.29, 1.82) is 0 Å². The van der Waals surface area contributed by atoms with Crippen LogP contribution in [-0.2, 0) is 5.54 Å². The highest BCUT2D eigenvalue weighted by Crippen LogP contribution is 2.24. The number of ether oxygens (including phenoxy) is 2. The average molecular weight is 197 g/mol. The lowest BCUT2D eigenvalue weighted by Gasteiger charge is -2.17. The summed E-state index contributed by atoms with van der Waals surface area (Å²) in [5, 5.41) is 0. The molecule has 2 N–H and O–H groups in total. The number of aromatic nitrogens is 2. The summed E-state index contributed by atoms with van der Waals surface area (Å²) in [6.45, 7) is 3.66. The largest absolute Gasteiger partial charge is 0.490 e.